The minimum Gasteiger partial charge on any atom is -0.394 e. The molecule has 2 heterocycles. The molecule has 2 aliphatic carbocycles. The van der Waals surface area contributed by atoms with Gasteiger partial charge in [-0.3, -0.25) is 4.79 Å². The molecule has 19 N–H and O–H groups in total. The van der Waals surface area contributed by atoms with Crippen molar-refractivity contribution >= 4 is 5.91 Å². The van der Waals surface area contributed by atoms with Crippen molar-refractivity contribution in [2.24, 2.45) is 40.5 Å². The van der Waals surface area contributed by atoms with Gasteiger partial charge in [-0.05, 0) is 31.7 Å². The minimum atomic E-state index is -1.61. The monoisotopic (exact) mass is 637 g/mol. The van der Waals surface area contributed by atoms with Crippen LogP contribution in [0, 0.1) is 11.8 Å². The second-order valence-electron chi connectivity index (χ2n) is 12.7. The number of rotatable bonds is 11. The van der Waals surface area contributed by atoms with Crippen LogP contribution in [0.1, 0.15) is 19.3 Å². The van der Waals surface area contributed by atoms with Gasteiger partial charge in [-0.2, -0.15) is 0 Å². The number of aliphatic hydroxyl groups excluding tert-OH is 7. The zero-order valence-corrected chi connectivity index (χ0v) is 24.5. The van der Waals surface area contributed by atoms with Crippen LogP contribution in [0.4, 0.5) is 0 Å². The Bertz CT molecular complexity index is 937. The normalized spacial score (nSPS) is 48.8. The Morgan fingerprint density at radius 3 is 2.16 bits per heavy atom. The van der Waals surface area contributed by atoms with Gasteiger partial charge in [0.25, 0.3) is 0 Å². The molecule has 256 valence electrons. The highest BCUT2D eigenvalue weighted by atomic mass is 16.7. The van der Waals surface area contributed by atoms with Crippen molar-refractivity contribution in [3.8, 4) is 0 Å². The van der Waals surface area contributed by atoms with E-state index < -0.39 is 110 Å². The summed E-state index contributed by atoms with van der Waals surface area (Å²) < 4.78 is 17.7. The first-order chi connectivity index (χ1) is 20.8. The van der Waals surface area contributed by atoms with E-state index in [1.54, 1.807) is 0 Å². The molecular weight excluding hydrogens is 586 g/mol. The molecule has 18 heteroatoms. The molecule has 44 heavy (non-hydrogen) atoms. The molecule has 1 unspecified atom stereocenters. The largest absolute Gasteiger partial charge is 0.394 e. The highest BCUT2D eigenvalue weighted by Gasteiger charge is 2.55. The van der Waals surface area contributed by atoms with E-state index in [0.29, 0.717) is 12.5 Å². The van der Waals surface area contributed by atoms with E-state index in [-0.39, 0.29) is 25.6 Å². The smallest absolute Gasteiger partial charge is 0.250 e. The Morgan fingerprint density at radius 1 is 0.864 bits per heavy atom. The third kappa shape index (κ3) is 7.52. The van der Waals surface area contributed by atoms with Crippen molar-refractivity contribution in [1.82, 2.24) is 10.6 Å². The Kier molecular flexibility index (Phi) is 12.3. The molecule has 4 rings (SSSR count). The molecule has 0 aromatic carbocycles. The number of nitrogens with one attached hydrogen (secondary N) is 2. The second kappa shape index (κ2) is 15.2. The Morgan fingerprint density at radius 2 is 1.55 bits per heavy atom. The first-order valence-corrected chi connectivity index (χ1v) is 15.2. The molecule has 0 radical (unpaired) electrons. The molecule has 2 saturated heterocycles. The fourth-order valence-corrected chi connectivity index (χ4v) is 6.73. The minimum absolute atomic E-state index is 0.0492. The Hall–Kier alpha value is -1.17. The summed E-state index contributed by atoms with van der Waals surface area (Å²) in [6.45, 7) is -0.227. The van der Waals surface area contributed by atoms with Crippen molar-refractivity contribution in [2.45, 2.75) is 117 Å². The fourth-order valence-electron chi connectivity index (χ4n) is 6.73. The third-order valence-electron chi connectivity index (χ3n) is 9.50. The summed E-state index contributed by atoms with van der Waals surface area (Å²) in [6, 6.07) is -4.25. The second-order valence-corrected chi connectivity index (χ2v) is 12.7. The zero-order chi connectivity index (χ0) is 32.5. The van der Waals surface area contributed by atoms with Crippen LogP contribution in [0.5, 0.6) is 0 Å². The molecule has 4 aliphatic rings. The highest BCUT2D eigenvalue weighted by Crippen LogP contribution is 2.37. The average Bonchev–Trinajstić information content (AvgIpc) is 2.98. The lowest BCUT2D eigenvalue weighted by molar-refractivity contribution is -0.307. The van der Waals surface area contributed by atoms with E-state index in [4.69, 9.17) is 42.9 Å². The number of hydrogen-bond acceptors (Lipinski definition) is 17. The molecule has 0 aromatic rings. The topological polar surface area (TPSA) is 341 Å². The summed E-state index contributed by atoms with van der Waals surface area (Å²) in [5.74, 6) is -1.50. The van der Waals surface area contributed by atoms with Crippen LogP contribution in [0.25, 0.3) is 0 Å². The quantitative estimate of drug-likeness (QED) is 0.0999. The van der Waals surface area contributed by atoms with Crippen LogP contribution in [-0.2, 0) is 19.0 Å². The standard InChI is InChI=1S/C26H51N7O11/c27-4-12(35)25(41)33-11-3-10(29)15(20(38)23(11)44-26-22(40)16(30)18(36)14(7-34)43-26)24-17(31)21(39)19(37)13(42-24)6-32-5-8-1-9(28)2-8/h8-24,26,32,34-40H,1-7,27-31H2,(H,33,41)/t8?,9?,10-,11+,12-,13+,14+,15?,16-,17+,18+,19+,20-,21+,22+,23-,24+,26+/m0/s1. The van der Waals surface area contributed by atoms with Gasteiger partial charge >= 0.3 is 0 Å². The van der Waals surface area contributed by atoms with E-state index >= 15 is 0 Å². The lowest BCUT2D eigenvalue weighted by Gasteiger charge is -2.52. The van der Waals surface area contributed by atoms with Gasteiger partial charge in [0.15, 0.2) is 6.29 Å². The predicted octanol–water partition coefficient (Wildman–Crippen LogP) is -8.21. The molecule has 2 aliphatic heterocycles. The van der Waals surface area contributed by atoms with Gasteiger partial charge in [0.05, 0.1) is 43.0 Å². The lowest BCUT2D eigenvalue weighted by atomic mass is 9.71. The summed E-state index contributed by atoms with van der Waals surface area (Å²) >= 11 is 0. The molecule has 18 nitrogen and oxygen atoms in total. The Balaban J connectivity index is 1.55. The number of carbonyl (C=O) groups excluding carboxylic acids is 1. The van der Waals surface area contributed by atoms with Gasteiger partial charge < -0.3 is 89.3 Å². The maximum absolute atomic E-state index is 12.6. The lowest BCUT2D eigenvalue weighted by Crippen LogP contribution is -2.72. The average molecular weight is 638 g/mol. The molecule has 4 fully saturated rings. The van der Waals surface area contributed by atoms with Gasteiger partial charge in [0.2, 0.25) is 5.91 Å². The number of nitrogens with two attached hydrogens (primary N) is 5. The fraction of sp³-hybridized carbons (Fsp3) is 0.962. The molecule has 0 spiro atoms. The van der Waals surface area contributed by atoms with Gasteiger partial charge in [0.1, 0.15) is 42.7 Å². The van der Waals surface area contributed by atoms with Crippen molar-refractivity contribution < 1.29 is 54.8 Å². The van der Waals surface area contributed by atoms with E-state index in [0.717, 1.165) is 12.8 Å². The number of aliphatic hydroxyl groups is 7. The van der Waals surface area contributed by atoms with E-state index in [1.807, 2.05) is 0 Å². The van der Waals surface area contributed by atoms with Crippen LogP contribution in [0.2, 0.25) is 0 Å². The Labute approximate surface area is 255 Å². The number of amides is 1. The van der Waals surface area contributed by atoms with E-state index in [9.17, 15) is 40.5 Å². The SMILES string of the molecule is NC[C@H](O)C(=O)N[C@@H]1C[C@H](N)C([C@H]2O[C@H](CNCC3CC(N)C3)[C@@H](O)[C@H](O)[C@H]2N)[C@H](O)[C@H]1O[C@H]1O[C@H](CO)[C@@H](O)[C@H](N)[C@H]1O. The van der Waals surface area contributed by atoms with E-state index in [1.165, 1.54) is 0 Å². The van der Waals surface area contributed by atoms with Crippen LogP contribution in [0.3, 0.4) is 0 Å². The maximum atomic E-state index is 12.6. The molecule has 16 atom stereocenters. The number of carbonyl (C=O) groups is 1. The first-order valence-electron chi connectivity index (χ1n) is 15.2. The van der Waals surface area contributed by atoms with Crippen LogP contribution >= 0.6 is 0 Å². The number of hydrogen-bond donors (Lipinski definition) is 14. The van der Waals surface area contributed by atoms with Gasteiger partial charge in [-0.15, -0.1) is 0 Å². The van der Waals surface area contributed by atoms with Gasteiger partial charge in [0, 0.05) is 31.1 Å². The molecule has 1 amide bonds. The van der Waals surface area contributed by atoms with Gasteiger partial charge in [-0.25, -0.2) is 0 Å². The highest BCUT2D eigenvalue weighted by molar-refractivity contribution is 5.81. The summed E-state index contributed by atoms with van der Waals surface area (Å²) in [5.41, 5.74) is 30.0. The molecule has 2 saturated carbocycles. The molecule has 0 aromatic heterocycles. The van der Waals surface area contributed by atoms with Gasteiger partial charge in [-0.1, -0.05) is 0 Å². The summed E-state index contributed by atoms with van der Waals surface area (Å²) in [6.07, 6.45) is -13.4. The van der Waals surface area contributed by atoms with E-state index in [2.05, 4.69) is 10.6 Å². The van der Waals surface area contributed by atoms with Crippen molar-refractivity contribution in [2.75, 3.05) is 26.2 Å². The summed E-state index contributed by atoms with van der Waals surface area (Å²) in [7, 11) is 0. The van der Waals surface area contributed by atoms with Crippen molar-refractivity contribution in [1.29, 1.82) is 0 Å². The molecule has 0 bridgehead atoms. The van der Waals surface area contributed by atoms with Crippen molar-refractivity contribution in [3.63, 3.8) is 0 Å². The third-order valence-corrected chi connectivity index (χ3v) is 9.50. The van der Waals surface area contributed by atoms with Crippen LogP contribution < -0.4 is 39.3 Å². The first kappa shape index (κ1) is 35.7. The van der Waals surface area contributed by atoms with Crippen LogP contribution in [-0.4, -0.2) is 165 Å². The zero-order valence-electron chi connectivity index (χ0n) is 24.5. The predicted molar refractivity (Wildman–Crippen MR) is 152 cm³/mol. The summed E-state index contributed by atoms with van der Waals surface area (Å²) in [5, 5.41) is 79.7. The van der Waals surface area contributed by atoms with Crippen molar-refractivity contribution in [3.05, 3.63) is 0 Å². The summed E-state index contributed by atoms with van der Waals surface area (Å²) in [4.78, 5) is 12.6. The van der Waals surface area contributed by atoms with Crippen LogP contribution in [0.15, 0.2) is 0 Å². The number of ether oxygens (including phenoxy) is 3. The molecular formula is C26H51N7O11. The maximum Gasteiger partial charge on any atom is 0.250 e.